The van der Waals surface area contributed by atoms with Crippen LogP contribution in [-0.4, -0.2) is 0 Å². The molecule has 1 saturated carbocycles. The minimum absolute atomic E-state index is 1.50. The highest BCUT2D eigenvalue weighted by Crippen LogP contribution is 2.16. The van der Waals surface area contributed by atoms with Crippen LogP contribution < -0.4 is 0 Å². The molecule has 31 heavy (non-hydrogen) atoms. The Balaban J connectivity index is -0.000000407. The Hall–Kier alpha value is -0.260. The van der Waals surface area contributed by atoms with E-state index in [1.807, 2.05) is 41.5 Å². The van der Waals surface area contributed by atoms with E-state index in [0.29, 0.717) is 0 Å². The van der Waals surface area contributed by atoms with E-state index in [-0.39, 0.29) is 0 Å². The predicted octanol–water partition coefficient (Wildman–Crippen LogP) is 12.9. The molecular weight excluding hydrogens is 372 g/mol. The zero-order chi connectivity index (χ0) is 24.3. The van der Waals surface area contributed by atoms with Crippen LogP contribution >= 0.6 is 0 Å². The van der Waals surface area contributed by atoms with Gasteiger partial charge in [0.25, 0.3) is 0 Å². The average Bonchev–Trinajstić information content (AvgIpc) is 2.85. The highest BCUT2D eigenvalue weighted by atomic mass is 14.0. The van der Waals surface area contributed by atoms with Crippen LogP contribution in [0, 0.1) is 0 Å². The molecule has 0 amide bonds. The van der Waals surface area contributed by atoms with E-state index in [9.17, 15) is 0 Å². The van der Waals surface area contributed by atoms with E-state index in [1.54, 1.807) is 0 Å². The zero-order valence-electron chi connectivity index (χ0n) is 23.7. The highest BCUT2D eigenvalue weighted by molar-refractivity contribution is 4.52. The van der Waals surface area contributed by atoms with Gasteiger partial charge in [-0.25, -0.2) is 0 Å². The van der Waals surface area contributed by atoms with Crippen LogP contribution in [0.5, 0.6) is 0 Å². The van der Waals surface area contributed by atoms with Crippen LogP contribution in [0.25, 0.3) is 0 Å². The van der Waals surface area contributed by atoms with Gasteiger partial charge in [-0.2, -0.15) is 0 Å². The SMILES string of the molecule is C1CCCCCCCCCCCCCCCCCCCCCC1.C=C.CC.CC.CC. The summed E-state index contributed by atoms with van der Waals surface area (Å²) in [5, 5.41) is 0. The number of hydrogen-bond acceptors (Lipinski definition) is 0. The summed E-state index contributed by atoms with van der Waals surface area (Å²) in [7, 11) is 0. The Bertz CT molecular complexity index is 116. The first-order chi connectivity index (χ1) is 15.5. The number of rotatable bonds is 0. The third-order valence-corrected chi connectivity index (χ3v) is 5.75. The molecule has 0 atom stereocenters. The van der Waals surface area contributed by atoms with Crippen LogP contribution in [0.15, 0.2) is 13.2 Å². The first-order valence-electron chi connectivity index (χ1n) is 15.0. The molecule has 0 spiro atoms. The third-order valence-electron chi connectivity index (χ3n) is 5.75. The fraction of sp³-hybridized carbons (Fsp3) is 0.935. The second-order valence-corrected chi connectivity index (χ2v) is 8.13. The molecule has 0 aromatic heterocycles. The second-order valence-electron chi connectivity index (χ2n) is 8.13. The molecule has 0 nitrogen and oxygen atoms in total. The van der Waals surface area contributed by atoms with Crippen molar-refractivity contribution in [1.82, 2.24) is 0 Å². The Kier molecular flexibility index (Phi) is 58.3. The van der Waals surface area contributed by atoms with E-state index in [2.05, 4.69) is 13.2 Å². The van der Waals surface area contributed by atoms with Crippen molar-refractivity contribution in [2.24, 2.45) is 0 Å². The maximum absolute atomic E-state index is 3.00. The molecule has 0 aliphatic heterocycles. The molecule has 0 aromatic carbocycles. The van der Waals surface area contributed by atoms with Crippen LogP contribution in [0.1, 0.15) is 189 Å². The van der Waals surface area contributed by atoms with Gasteiger partial charge >= 0.3 is 0 Å². The van der Waals surface area contributed by atoms with E-state index >= 15 is 0 Å². The van der Waals surface area contributed by atoms with Crippen molar-refractivity contribution in [3.8, 4) is 0 Å². The Morgan fingerprint density at radius 2 is 0.226 bits per heavy atom. The normalized spacial score (nSPS) is 18.5. The minimum atomic E-state index is 1.50. The lowest BCUT2D eigenvalue weighted by atomic mass is 10.0. The molecule has 192 valence electrons. The second kappa shape index (κ2) is 47.5. The van der Waals surface area contributed by atoms with Gasteiger partial charge < -0.3 is 0 Å². The molecule has 1 rings (SSSR count). The van der Waals surface area contributed by atoms with Crippen molar-refractivity contribution in [1.29, 1.82) is 0 Å². The summed E-state index contributed by atoms with van der Waals surface area (Å²) < 4.78 is 0. The first-order valence-corrected chi connectivity index (χ1v) is 15.0. The molecule has 1 aliphatic carbocycles. The van der Waals surface area contributed by atoms with E-state index in [1.165, 1.54) is 148 Å². The van der Waals surface area contributed by atoms with Gasteiger partial charge in [-0.05, 0) is 0 Å². The largest absolute Gasteiger partial charge is 0.106 e. The van der Waals surface area contributed by atoms with Crippen LogP contribution in [-0.2, 0) is 0 Å². The van der Waals surface area contributed by atoms with Crippen LogP contribution in [0.4, 0.5) is 0 Å². The molecule has 0 heteroatoms. The van der Waals surface area contributed by atoms with Gasteiger partial charge in [0.2, 0.25) is 0 Å². The Morgan fingerprint density at radius 3 is 0.258 bits per heavy atom. The first kappa shape index (κ1) is 38.0. The molecule has 0 N–H and O–H groups in total. The maximum atomic E-state index is 3.00. The van der Waals surface area contributed by atoms with Crippen molar-refractivity contribution in [3.63, 3.8) is 0 Å². The molecule has 0 aromatic rings. The minimum Gasteiger partial charge on any atom is -0.106 e. The van der Waals surface area contributed by atoms with Crippen LogP contribution in [0.3, 0.4) is 0 Å². The summed E-state index contributed by atoms with van der Waals surface area (Å²) in [6, 6.07) is 0. The topological polar surface area (TPSA) is 0 Å². The van der Waals surface area contributed by atoms with Crippen molar-refractivity contribution in [2.75, 3.05) is 0 Å². The molecule has 1 aliphatic rings. The summed E-state index contributed by atoms with van der Waals surface area (Å²) in [5.74, 6) is 0. The average molecular weight is 441 g/mol. The van der Waals surface area contributed by atoms with E-state index in [4.69, 9.17) is 0 Å². The smallest absolute Gasteiger partial charge is 0.0533 e. The van der Waals surface area contributed by atoms with Crippen LogP contribution in [0.2, 0.25) is 0 Å². The Morgan fingerprint density at radius 1 is 0.194 bits per heavy atom. The van der Waals surface area contributed by atoms with Gasteiger partial charge in [-0.3, -0.25) is 0 Å². The van der Waals surface area contributed by atoms with Gasteiger partial charge in [-0.1, -0.05) is 189 Å². The molecular formula is C31H68. The maximum Gasteiger partial charge on any atom is -0.0533 e. The van der Waals surface area contributed by atoms with Crippen molar-refractivity contribution in [3.05, 3.63) is 13.2 Å². The quantitative estimate of drug-likeness (QED) is 0.328. The highest BCUT2D eigenvalue weighted by Gasteiger charge is 1.97. The van der Waals surface area contributed by atoms with E-state index in [0.717, 1.165) is 0 Å². The fourth-order valence-electron chi connectivity index (χ4n) is 4.07. The fourth-order valence-corrected chi connectivity index (χ4v) is 4.07. The molecule has 0 saturated heterocycles. The third kappa shape index (κ3) is 44.3. The summed E-state index contributed by atoms with van der Waals surface area (Å²) in [5.41, 5.74) is 0. The lowest BCUT2D eigenvalue weighted by Crippen LogP contribution is -1.84. The predicted molar refractivity (Wildman–Crippen MR) is 151 cm³/mol. The monoisotopic (exact) mass is 441 g/mol. The standard InChI is InChI=1S/C23H46.3C2H6.C2H4/c1-2-4-6-8-10-12-14-16-18-20-22-23-21-19-17-15-13-11-9-7-5-3-1;4*1-2/h1-23H2;3*1-2H3;1-2H2. The molecule has 0 radical (unpaired) electrons. The summed E-state index contributed by atoms with van der Waals surface area (Å²) >= 11 is 0. The van der Waals surface area contributed by atoms with Gasteiger partial charge in [0.05, 0.1) is 0 Å². The lowest BCUT2D eigenvalue weighted by molar-refractivity contribution is 0.523. The summed E-state index contributed by atoms with van der Waals surface area (Å²) in [6.45, 7) is 18.0. The molecule has 0 unspecified atom stereocenters. The van der Waals surface area contributed by atoms with Gasteiger partial charge in [0.15, 0.2) is 0 Å². The molecule has 0 bridgehead atoms. The molecule has 0 heterocycles. The van der Waals surface area contributed by atoms with Gasteiger partial charge in [0, 0.05) is 0 Å². The van der Waals surface area contributed by atoms with Crippen molar-refractivity contribution >= 4 is 0 Å². The summed E-state index contributed by atoms with van der Waals surface area (Å²) in [6.07, 6.45) is 34.5. The molecule has 1 fully saturated rings. The van der Waals surface area contributed by atoms with Crippen molar-refractivity contribution < 1.29 is 0 Å². The van der Waals surface area contributed by atoms with E-state index < -0.39 is 0 Å². The lowest BCUT2D eigenvalue weighted by Gasteiger charge is -2.03. The summed E-state index contributed by atoms with van der Waals surface area (Å²) in [4.78, 5) is 0. The van der Waals surface area contributed by atoms with Crippen molar-refractivity contribution in [2.45, 2.75) is 189 Å². The number of hydrogen-bond donors (Lipinski definition) is 0. The van der Waals surface area contributed by atoms with Gasteiger partial charge in [-0.15, -0.1) is 13.2 Å². The Labute approximate surface area is 202 Å². The van der Waals surface area contributed by atoms with Gasteiger partial charge in [0.1, 0.15) is 0 Å². The zero-order valence-corrected chi connectivity index (χ0v) is 23.7.